The normalized spacial score (nSPS) is 12.1. The van der Waals surface area contributed by atoms with Crippen molar-refractivity contribution in [2.45, 2.75) is 26.4 Å². The van der Waals surface area contributed by atoms with Gasteiger partial charge in [-0.15, -0.1) is 0 Å². The summed E-state index contributed by atoms with van der Waals surface area (Å²) in [5.41, 5.74) is 2.41. The lowest BCUT2D eigenvalue weighted by Crippen LogP contribution is -2.06. The summed E-state index contributed by atoms with van der Waals surface area (Å²) in [7, 11) is 0. The predicted octanol–water partition coefficient (Wildman–Crippen LogP) is 4.41. The van der Waals surface area contributed by atoms with Crippen molar-refractivity contribution in [1.29, 1.82) is 0 Å². The molecular formula is C18H22O2. The minimum atomic E-state index is 0.0629. The van der Waals surface area contributed by atoms with Gasteiger partial charge in [0, 0.05) is 18.6 Å². The fourth-order valence-electron chi connectivity index (χ4n) is 2.21. The minimum Gasteiger partial charge on any atom is -0.493 e. The molecule has 0 heterocycles. The van der Waals surface area contributed by atoms with Crippen molar-refractivity contribution in [3.8, 4) is 5.75 Å². The van der Waals surface area contributed by atoms with Crippen molar-refractivity contribution in [1.82, 2.24) is 0 Å². The molecule has 0 fully saturated rings. The van der Waals surface area contributed by atoms with Gasteiger partial charge < -0.3 is 9.47 Å². The first-order chi connectivity index (χ1) is 9.81. The van der Waals surface area contributed by atoms with Gasteiger partial charge in [0.2, 0.25) is 0 Å². The Morgan fingerprint density at radius 2 is 1.65 bits per heavy atom. The first-order valence-electron chi connectivity index (χ1n) is 7.18. The second-order valence-corrected chi connectivity index (χ2v) is 4.72. The summed E-state index contributed by atoms with van der Waals surface area (Å²) in [6.45, 7) is 5.46. The van der Waals surface area contributed by atoms with Crippen LogP contribution in [0.2, 0.25) is 0 Å². The smallest absolute Gasteiger partial charge is 0.125 e. The van der Waals surface area contributed by atoms with Gasteiger partial charge in [-0.2, -0.15) is 0 Å². The molecule has 0 amide bonds. The molecule has 0 aliphatic rings. The molecule has 0 bridgehead atoms. The van der Waals surface area contributed by atoms with Crippen LogP contribution in [0.4, 0.5) is 0 Å². The van der Waals surface area contributed by atoms with Crippen LogP contribution in [0, 0.1) is 0 Å². The van der Waals surface area contributed by atoms with Crippen molar-refractivity contribution in [2.75, 3.05) is 13.2 Å². The van der Waals surface area contributed by atoms with E-state index in [1.54, 1.807) is 0 Å². The van der Waals surface area contributed by atoms with E-state index in [1.165, 1.54) is 5.56 Å². The maximum Gasteiger partial charge on any atom is 0.125 e. The van der Waals surface area contributed by atoms with E-state index in [9.17, 15) is 0 Å². The average molecular weight is 270 g/mol. The molecule has 0 unspecified atom stereocenters. The van der Waals surface area contributed by atoms with Gasteiger partial charge in [-0.25, -0.2) is 0 Å². The molecule has 0 aliphatic carbocycles. The summed E-state index contributed by atoms with van der Waals surface area (Å²) in [6.07, 6.45) is 0.978. The predicted molar refractivity (Wildman–Crippen MR) is 82.1 cm³/mol. The molecule has 0 radical (unpaired) electrons. The highest BCUT2D eigenvalue weighted by Gasteiger charge is 2.10. The molecule has 20 heavy (non-hydrogen) atoms. The van der Waals surface area contributed by atoms with E-state index in [0.29, 0.717) is 13.2 Å². The molecule has 0 N–H and O–H groups in total. The quantitative estimate of drug-likeness (QED) is 0.742. The Morgan fingerprint density at radius 1 is 0.950 bits per heavy atom. The van der Waals surface area contributed by atoms with Gasteiger partial charge >= 0.3 is 0 Å². The molecule has 0 saturated heterocycles. The summed E-state index contributed by atoms with van der Waals surface area (Å²) >= 11 is 0. The topological polar surface area (TPSA) is 18.5 Å². The van der Waals surface area contributed by atoms with E-state index in [0.717, 1.165) is 17.7 Å². The molecule has 2 nitrogen and oxygen atoms in total. The summed E-state index contributed by atoms with van der Waals surface area (Å²) in [5.74, 6) is 0.921. The maximum absolute atomic E-state index is 5.93. The number of rotatable bonds is 7. The van der Waals surface area contributed by atoms with Crippen LogP contribution in [0.25, 0.3) is 0 Å². The minimum absolute atomic E-state index is 0.0629. The highest BCUT2D eigenvalue weighted by Crippen LogP contribution is 2.27. The molecule has 106 valence electrons. The Balaban J connectivity index is 1.95. The molecule has 2 aromatic rings. The second-order valence-electron chi connectivity index (χ2n) is 4.72. The van der Waals surface area contributed by atoms with E-state index in [1.807, 2.05) is 31.2 Å². The molecule has 0 saturated carbocycles. The van der Waals surface area contributed by atoms with Gasteiger partial charge in [0.1, 0.15) is 5.75 Å². The lowest BCUT2D eigenvalue weighted by atomic mass is 10.1. The molecular weight excluding hydrogens is 248 g/mol. The highest BCUT2D eigenvalue weighted by atomic mass is 16.5. The van der Waals surface area contributed by atoms with Gasteiger partial charge in [0.25, 0.3) is 0 Å². The van der Waals surface area contributed by atoms with Crippen molar-refractivity contribution in [3.05, 3.63) is 65.7 Å². The number of hydrogen-bond acceptors (Lipinski definition) is 2. The SMILES string of the molecule is CCO[C@@H](C)c1ccccc1OCCc1ccccc1. The van der Waals surface area contributed by atoms with Crippen LogP contribution in [0.1, 0.15) is 31.1 Å². The van der Waals surface area contributed by atoms with Crippen molar-refractivity contribution >= 4 is 0 Å². The fourth-order valence-corrected chi connectivity index (χ4v) is 2.21. The third kappa shape index (κ3) is 4.10. The zero-order valence-corrected chi connectivity index (χ0v) is 12.2. The van der Waals surface area contributed by atoms with E-state index < -0.39 is 0 Å². The lowest BCUT2D eigenvalue weighted by Gasteiger charge is -2.17. The Bertz CT molecular complexity index is 508. The molecule has 0 aliphatic heterocycles. The van der Waals surface area contributed by atoms with Crippen molar-refractivity contribution in [2.24, 2.45) is 0 Å². The number of benzene rings is 2. The lowest BCUT2D eigenvalue weighted by molar-refractivity contribution is 0.0739. The molecule has 2 heteroatoms. The molecule has 2 aromatic carbocycles. The average Bonchev–Trinajstić information content (AvgIpc) is 2.49. The van der Waals surface area contributed by atoms with Crippen LogP contribution in [-0.4, -0.2) is 13.2 Å². The van der Waals surface area contributed by atoms with Crippen LogP contribution in [0.5, 0.6) is 5.75 Å². The Kier molecular flexibility index (Phi) is 5.63. The Labute approximate surface area is 121 Å². The van der Waals surface area contributed by atoms with Gasteiger partial charge in [-0.05, 0) is 25.5 Å². The molecule has 1 atom stereocenters. The van der Waals surface area contributed by atoms with Gasteiger partial charge in [0.05, 0.1) is 12.7 Å². The van der Waals surface area contributed by atoms with Crippen LogP contribution in [0.15, 0.2) is 54.6 Å². The molecule has 2 rings (SSSR count). The molecule has 0 spiro atoms. The largest absolute Gasteiger partial charge is 0.493 e. The summed E-state index contributed by atoms with van der Waals surface area (Å²) < 4.78 is 11.6. The van der Waals surface area contributed by atoms with Gasteiger partial charge in [-0.1, -0.05) is 48.5 Å². The van der Waals surface area contributed by atoms with Crippen LogP contribution >= 0.6 is 0 Å². The van der Waals surface area contributed by atoms with Gasteiger partial charge in [0.15, 0.2) is 0 Å². The van der Waals surface area contributed by atoms with Crippen LogP contribution < -0.4 is 4.74 Å². The third-order valence-corrected chi connectivity index (χ3v) is 3.26. The second kappa shape index (κ2) is 7.71. The molecule has 0 aromatic heterocycles. The number of para-hydroxylation sites is 1. The van der Waals surface area contributed by atoms with E-state index >= 15 is 0 Å². The number of ether oxygens (including phenoxy) is 2. The van der Waals surface area contributed by atoms with E-state index in [2.05, 4.69) is 37.3 Å². The van der Waals surface area contributed by atoms with Crippen LogP contribution in [0.3, 0.4) is 0 Å². The van der Waals surface area contributed by atoms with Crippen molar-refractivity contribution < 1.29 is 9.47 Å². The maximum atomic E-state index is 5.93. The zero-order chi connectivity index (χ0) is 14.2. The Morgan fingerprint density at radius 3 is 2.40 bits per heavy atom. The summed E-state index contributed by atoms with van der Waals surface area (Å²) in [4.78, 5) is 0. The van der Waals surface area contributed by atoms with E-state index in [-0.39, 0.29) is 6.10 Å². The van der Waals surface area contributed by atoms with E-state index in [4.69, 9.17) is 9.47 Å². The fraction of sp³-hybridized carbons (Fsp3) is 0.333. The zero-order valence-electron chi connectivity index (χ0n) is 12.2. The van der Waals surface area contributed by atoms with Crippen molar-refractivity contribution in [3.63, 3.8) is 0 Å². The highest BCUT2D eigenvalue weighted by molar-refractivity contribution is 5.35. The Hall–Kier alpha value is -1.80. The van der Waals surface area contributed by atoms with Crippen LogP contribution in [-0.2, 0) is 11.2 Å². The first-order valence-corrected chi connectivity index (χ1v) is 7.18. The summed E-state index contributed by atoms with van der Waals surface area (Å²) in [5, 5.41) is 0. The summed E-state index contributed by atoms with van der Waals surface area (Å²) in [6, 6.07) is 18.5. The first kappa shape index (κ1) is 14.6. The standard InChI is InChI=1S/C18H22O2/c1-3-19-15(2)17-11-7-8-12-18(17)20-14-13-16-9-5-4-6-10-16/h4-12,15H,3,13-14H2,1-2H3/t15-/m0/s1. The third-order valence-electron chi connectivity index (χ3n) is 3.26. The number of hydrogen-bond donors (Lipinski definition) is 0. The monoisotopic (exact) mass is 270 g/mol. The van der Waals surface area contributed by atoms with Gasteiger partial charge in [-0.3, -0.25) is 0 Å².